The van der Waals surface area contributed by atoms with Crippen LogP contribution in [0.5, 0.6) is 0 Å². The van der Waals surface area contributed by atoms with Gasteiger partial charge in [0.2, 0.25) is 0 Å². The second-order valence-electron chi connectivity index (χ2n) is 6.72. The first-order valence-corrected chi connectivity index (χ1v) is 10.4. The van der Waals surface area contributed by atoms with Gasteiger partial charge in [-0.3, -0.25) is 9.59 Å². The Morgan fingerprint density at radius 2 is 1.17 bits per heavy atom. The number of hydrogen-bond acceptors (Lipinski definition) is 3. The smallest absolute Gasteiger partial charge is 0.311 e. The number of nitrogens with two attached hydrogens (primary N) is 1. The molecule has 0 aliphatic rings. The van der Waals surface area contributed by atoms with Gasteiger partial charge in [0.05, 0.1) is 4.75 Å². The van der Waals surface area contributed by atoms with Crippen molar-refractivity contribution in [2.45, 2.75) is 4.75 Å². The van der Waals surface area contributed by atoms with E-state index in [9.17, 15) is 9.59 Å². The predicted molar refractivity (Wildman–Crippen MR) is 118 cm³/mol. The second kappa shape index (κ2) is 9.43. The van der Waals surface area contributed by atoms with Crippen molar-refractivity contribution in [3.63, 3.8) is 0 Å². The second-order valence-corrected chi connectivity index (χ2v) is 8.03. The van der Waals surface area contributed by atoms with Gasteiger partial charge >= 0.3 is 11.8 Å². The van der Waals surface area contributed by atoms with E-state index in [1.54, 1.807) is 18.8 Å². The van der Waals surface area contributed by atoms with Gasteiger partial charge in [0.25, 0.3) is 0 Å². The Labute approximate surface area is 175 Å². The minimum absolute atomic E-state index is 0.417. The molecular formula is C24H24N2O2S. The summed E-state index contributed by atoms with van der Waals surface area (Å²) in [6.07, 6.45) is 0. The first-order valence-electron chi connectivity index (χ1n) is 9.41. The number of primary amides is 1. The maximum atomic E-state index is 11.9. The van der Waals surface area contributed by atoms with Crippen LogP contribution in [0, 0.1) is 0 Å². The van der Waals surface area contributed by atoms with E-state index in [1.165, 1.54) is 4.90 Å². The lowest BCUT2D eigenvalue weighted by Crippen LogP contribution is -2.39. The molecule has 0 saturated carbocycles. The quantitative estimate of drug-likeness (QED) is 0.483. The van der Waals surface area contributed by atoms with Crippen LogP contribution in [-0.4, -0.2) is 36.1 Å². The van der Waals surface area contributed by atoms with Gasteiger partial charge < -0.3 is 10.6 Å². The Morgan fingerprint density at radius 3 is 1.52 bits per heavy atom. The SMILES string of the molecule is CN(CCSC(c1ccccc1)(c1ccccc1)c1ccccc1)C(=O)C(N)=O. The molecule has 3 rings (SSSR count). The molecule has 3 aromatic carbocycles. The van der Waals surface area contributed by atoms with Crippen molar-refractivity contribution in [2.75, 3.05) is 19.3 Å². The Bertz CT molecular complexity index is 850. The standard InChI is InChI=1S/C24H24N2O2S/c1-26(23(28)22(25)27)17-18-29-24(19-11-5-2-6-12-19,20-13-7-3-8-14-20)21-15-9-4-10-16-21/h2-16H,17-18H2,1H3,(H2,25,27). The lowest BCUT2D eigenvalue weighted by Gasteiger charge is -2.36. The topological polar surface area (TPSA) is 63.4 Å². The van der Waals surface area contributed by atoms with E-state index in [1.807, 2.05) is 54.6 Å². The number of carbonyl (C=O) groups excluding carboxylic acids is 2. The van der Waals surface area contributed by atoms with Gasteiger partial charge in [-0.25, -0.2) is 0 Å². The lowest BCUT2D eigenvalue weighted by molar-refractivity contribution is -0.143. The monoisotopic (exact) mass is 404 g/mol. The number of benzene rings is 3. The normalized spacial score (nSPS) is 11.1. The van der Waals surface area contributed by atoms with Crippen molar-refractivity contribution in [1.82, 2.24) is 4.90 Å². The highest BCUT2D eigenvalue weighted by Gasteiger charge is 2.36. The zero-order chi connectivity index (χ0) is 20.7. The Kier molecular flexibility index (Phi) is 6.73. The zero-order valence-electron chi connectivity index (χ0n) is 16.3. The highest BCUT2D eigenvalue weighted by Crippen LogP contribution is 2.48. The molecule has 29 heavy (non-hydrogen) atoms. The Morgan fingerprint density at radius 1 is 0.793 bits per heavy atom. The van der Waals surface area contributed by atoms with E-state index in [0.717, 1.165) is 16.7 Å². The third-order valence-electron chi connectivity index (χ3n) is 4.84. The van der Waals surface area contributed by atoms with E-state index in [0.29, 0.717) is 12.3 Å². The number of nitrogens with zero attached hydrogens (tertiary/aromatic N) is 1. The molecule has 3 aromatic rings. The molecule has 0 spiro atoms. The van der Waals surface area contributed by atoms with Crippen molar-refractivity contribution in [3.8, 4) is 0 Å². The zero-order valence-corrected chi connectivity index (χ0v) is 17.1. The lowest BCUT2D eigenvalue weighted by atomic mass is 9.84. The Balaban J connectivity index is 2.03. The molecule has 0 bridgehead atoms. The molecule has 0 atom stereocenters. The summed E-state index contributed by atoms with van der Waals surface area (Å²) in [7, 11) is 1.60. The van der Waals surface area contributed by atoms with Crippen molar-refractivity contribution in [2.24, 2.45) is 5.73 Å². The fraction of sp³-hybridized carbons (Fsp3) is 0.167. The van der Waals surface area contributed by atoms with Crippen LogP contribution < -0.4 is 5.73 Å². The first kappa shape index (κ1) is 20.7. The van der Waals surface area contributed by atoms with Crippen LogP contribution in [0.25, 0.3) is 0 Å². The van der Waals surface area contributed by atoms with Gasteiger partial charge in [0.1, 0.15) is 0 Å². The molecule has 0 heterocycles. The third-order valence-corrected chi connectivity index (χ3v) is 6.37. The van der Waals surface area contributed by atoms with E-state index in [2.05, 4.69) is 36.4 Å². The summed E-state index contributed by atoms with van der Waals surface area (Å²) in [5, 5.41) is 0. The van der Waals surface area contributed by atoms with Gasteiger partial charge in [0.15, 0.2) is 0 Å². The van der Waals surface area contributed by atoms with Crippen molar-refractivity contribution >= 4 is 23.6 Å². The summed E-state index contributed by atoms with van der Waals surface area (Å²) in [5.74, 6) is -0.970. The highest BCUT2D eigenvalue weighted by molar-refractivity contribution is 8.00. The fourth-order valence-corrected chi connectivity index (χ4v) is 4.97. The summed E-state index contributed by atoms with van der Waals surface area (Å²) >= 11 is 1.74. The molecule has 0 aliphatic heterocycles. The molecule has 2 N–H and O–H groups in total. The molecular weight excluding hydrogens is 380 g/mol. The van der Waals surface area contributed by atoms with Crippen LogP contribution in [0.4, 0.5) is 0 Å². The number of carbonyl (C=O) groups is 2. The molecule has 0 aliphatic carbocycles. The molecule has 5 heteroatoms. The van der Waals surface area contributed by atoms with Crippen molar-refractivity contribution in [3.05, 3.63) is 108 Å². The highest BCUT2D eigenvalue weighted by atomic mass is 32.2. The molecule has 0 aromatic heterocycles. The average Bonchev–Trinajstić information content (AvgIpc) is 2.78. The van der Waals surface area contributed by atoms with Gasteiger partial charge in [-0.15, -0.1) is 11.8 Å². The first-order chi connectivity index (χ1) is 14.1. The van der Waals surface area contributed by atoms with Crippen molar-refractivity contribution in [1.29, 1.82) is 0 Å². The van der Waals surface area contributed by atoms with E-state index >= 15 is 0 Å². The van der Waals surface area contributed by atoms with Gasteiger partial charge in [-0.1, -0.05) is 91.0 Å². The molecule has 0 unspecified atom stereocenters. The maximum absolute atomic E-state index is 11.9. The maximum Gasteiger partial charge on any atom is 0.311 e. The Hall–Kier alpha value is -3.05. The number of hydrogen-bond donors (Lipinski definition) is 1. The minimum Gasteiger partial charge on any atom is -0.361 e. The molecule has 4 nitrogen and oxygen atoms in total. The predicted octanol–water partition coefficient (Wildman–Crippen LogP) is 3.66. The molecule has 0 fully saturated rings. The minimum atomic E-state index is -0.932. The molecule has 0 saturated heterocycles. The largest absolute Gasteiger partial charge is 0.361 e. The van der Waals surface area contributed by atoms with E-state index in [4.69, 9.17) is 5.73 Å². The van der Waals surface area contributed by atoms with E-state index in [-0.39, 0.29) is 0 Å². The fourth-order valence-electron chi connectivity index (χ4n) is 3.39. The molecule has 0 radical (unpaired) electrons. The summed E-state index contributed by atoms with van der Waals surface area (Å²) in [4.78, 5) is 24.4. The van der Waals surface area contributed by atoms with Crippen LogP contribution in [0.2, 0.25) is 0 Å². The van der Waals surface area contributed by atoms with Gasteiger partial charge in [0, 0.05) is 19.3 Å². The summed E-state index contributed by atoms with van der Waals surface area (Å²) in [5.41, 5.74) is 8.61. The van der Waals surface area contributed by atoms with E-state index < -0.39 is 16.6 Å². The third kappa shape index (κ3) is 4.51. The number of rotatable bonds is 7. The van der Waals surface area contributed by atoms with Gasteiger partial charge in [-0.2, -0.15) is 0 Å². The van der Waals surface area contributed by atoms with Crippen LogP contribution in [-0.2, 0) is 14.3 Å². The van der Waals surface area contributed by atoms with Crippen molar-refractivity contribution < 1.29 is 9.59 Å². The number of likely N-dealkylation sites (N-methyl/N-ethyl adjacent to an activating group) is 1. The van der Waals surface area contributed by atoms with Crippen LogP contribution in [0.1, 0.15) is 16.7 Å². The summed E-state index contributed by atoms with van der Waals surface area (Å²) in [6, 6.07) is 31.1. The van der Waals surface area contributed by atoms with Crippen LogP contribution in [0.3, 0.4) is 0 Å². The summed E-state index contributed by atoms with van der Waals surface area (Å²) < 4.78 is -0.444. The molecule has 2 amide bonds. The summed E-state index contributed by atoms with van der Waals surface area (Å²) in [6.45, 7) is 0.417. The average molecular weight is 405 g/mol. The van der Waals surface area contributed by atoms with Crippen LogP contribution in [0.15, 0.2) is 91.0 Å². The van der Waals surface area contributed by atoms with Crippen LogP contribution >= 0.6 is 11.8 Å². The van der Waals surface area contributed by atoms with Gasteiger partial charge in [-0.05, 0) is 16.7 Å². The molecule has 148 valence electrons. The number of amides is 2. The number of thioether (sulfide) groups is 1.